The van der Waals surface area contributed by atoms with Gasteiger partial charge >= 0.3 is 0 Å². The molecule has 20 heavy (non-hydrogen) atoms. The van der Waals surface area contributed by atoms with Crippen molar-refractivity contribution in [3.05, 3.63) is 50.9 Å². The van der Waals surface area contributed by atoms with Gasteiger partial charge in [0.2, 0.25) is 0 Å². The number of hydrogen-bond acceptors (Lipinski definition) is 2. The van der Waals surface area contributed by atoms with Gasteiger partial charge in [-0.2, -0.15) is 0 Å². The van der Waals surface area contributed by atoms with Crippen LogP contribution in [0.1, 0.15) is 18.1 Å². The molecule has 0 aliphatic carbocycles. The first-order valence-corrected chi connectivity index (χ1v) is 7.89. The third-order valence-electron chi connectivity index (χ3n) is 2.91. The van der Waals surface area contributed by atoms with E-state index in [2.05, 4.69) is 38.6 Å². The highest BCUT2D eigenvalue weighted by atomic mass is 127. The van der Waals surface area contributed by atoms with Crippen LogP contribution >= 0.6 is 45.8 Å². The Bertz CT molecular complexity index is 783. The van der Waals surface area contributed by atoms with Crippen LogP contribution in [0.25, 0.3) is 16.9 Å². The van der Waals surface area contributed by atoms with Crippen LogP contribution in [0.3, 0.4) is 0 Å². The van der Waals surface area contributed by atoms with Gasteiger partial charge in [0.1, 0.15) is 11.3 Å². The van der Waals surface area contributed by atoms with Crippen molar-refractivity contribution in [2.24, 2.45) is 0 Å². The number of aromatic nitrogens is 3. The fourth-order valence-electron chi connectivity index (χ4n) is 2.09. The summed E-state index contributed by atoms with van der Waals surface area (Å²) in [4.78, 5) is 8.96. The number of rotatable bonds is 2. The first-order valence-electron chi connectivity index (χ1n) is 6.00. The van der Waals surface area contributed by atoms with E-state index in [-0.39, 0.29) is 5.38 Å². The molecule has 0 spiro atoms. The number of hydrogen-bond donors (Lipinski definition) is 0. The molecule has 2 heterocycles. The first kappa shape index (κ1) is 14.1. The van der Waals surface area contributed by atoms with Crippen LogP contribution in [-0.2, 0) is 0 Å². The van der Waals surface area contributed by atoms with E-state index in [1.165, 1.54) is 0 Å². The maximum Gasteiger partial charge on any atom is 0.164 e. The molecule has 0 N–H and O–H groups in total. The standard InChI is InChI=1S/C14H10Cl2IN3/c1-8(15)13-19-12-5-9(16)7-18-14(12)20(13)11-4-2-3-10(17)6-11/h2-8H,1H3. The van der Waals surface area contributed by atoms with Crippen LogP contribution in [0, 0.1) is 3.57 Å². The van der Waals surface area contributed by atoms with Crippen LogP contribution in [0.4, 0.5) is 0 Å². The summed E-state index contributed by atoms with van der Waals surface area (Å²) in [6.07, 6.45) is 1.62. The van der Waals surface area contributed by atoms with E-state index >= 15 is 0 Å². The summed E-state index contributed by atoms with van der Waals surface area (Å²) < 4.78 is 3.12. The predicted octanol–water partition coefficient (Wildman–Crippen LogP) is 4.98. The van der Waals surface area contributed by atoms with E-state index in [0.29, 0.717) is 5.02 Å². The van der Waals surface area contributed by atoms with Crippen molar-refractivity contribution in [2.45, 2.75) is 12.3 Å². The van der Waals surface area contributed by atoms with E-state index in [0.717, 1.165) is 26.2 Å². The Hall–Kier alpha value is -0.850. The maximum atomic E-state index is 6.26. The number of halogens is 3. The van der Waals surface area contributed by atoms with Gasteiger partial charge in [0.15, 0.2) is 5.65 Å². The average Bonchev–Trinajstić information content (AvgIpc) is 2.77. The average molecular weight is 418 g/mol. The second-order valence-electron chi connectivity index (χ2n) is 4.40. The molecular formula is C14H10Cl2IN3. The van der Waals surface area contributed by atoms with Crippen molar-refractivity contribution < 1.29 is 0 Å². The van der Waals surface area contributed by atoms with Crippen LogP contribution in [0.5, 0.6) is 0 Å². The minimum Gasteiger partial charge on any atom is -0.279 e. The number of fused-ring (bicyclic) bond motifs is 1. The quantitative estimate of drug-likeness (QED) is 0.435. The number of imidazole rings is 1. The monoisotopic (exact) mass is 417 g/mol. The molecule has 2 aromatic heterocycles. The zero-order valence-electron chi connectivity index (χ0n) is 10.5. The smallest absolute Gasteiger partial charge is 0.164 e. The third kappa shape index (κ3) is 2.52. The Balaban J connectivity index is 2.34. The molecule has 0 saturated heterocycles. The lowest BCUT2D eigenvalue weighted by Crippen LogP contribution is -2.02. The van der Waals surface area contributed by atoms with E-state index in [1.807, 2.05) is 29.7 Å². The molecule has 0 aliphatic heterocycles. The molecule has 3 aromatic rings. The highest BCUT2D eigenvalue weighted by molar-refractivity contribution is 14.1. The predicted molar refractivity (Wildman–Crippen MR) is 90.9 cm³/mol. The molecule has 0 radical (unpaired) electrons. The Labute approximate surface area is 140 Å². The zero-order valence-corrected chi connectivity index (χ0v) is 14.2. The largest absolute Gasteiger partial charge is 0.279 e. The van der Waals surface area contributed by atoms with Crippen LogP contribution in [0.15, 0.2) is 36.5 Å². The summed E-state index contributed by atoms with van der Waals surface area (Å²) in [5, 5.41) is 0.347. The van der Waals surface area contributed by atoms with Crippen molar-refractivity contribution in [3.63, 3.8) is 0 Å². The van der Waals surface area contributed by atoms with Gasteiger partial charge in [-0.25, -0.2) is 9.97 Å². The van der Waals surface area contributed by atoms with Crippen molar-refractivity contribution in [1.29, 1.82) is 0 Å². The van der Waals surface area contributed by atoms with Gasteiger partial charge < -0.3 is 0 Å². The fourth-order valence-corrected chi connectivity index (χ4v) is 2.92. The molecular weight excluding hydrogens is 408 g/mol. The molecule has 0 amide bonds. The molecule has 1 aromatic carbocycles. The van der Waals surface area contributed by atoms with Crippen molar-refractivity contribution in [2.75, 3.05) is 0 Å². The number of benzene rings is 1. The molecule has 0 fully saturated rings. The van der Waals surface area contributed by atoms with Gasteiger partial charge in [0.25, 0.3) is 0 Å². The lowest BCUT2D eigenvalue weighted by Gasteiger charge is -2.10. The topological polar surface area (TPSA) is 30.7 Å². The molecule has 1 atom stereocenters. The summed E-state index contributed by atoms with van der Waals surface area (Å²) in [5.74, 6) is 0.762. The van der Waals surface area contributed by atoms with Gasteiger partial charge in [-0.3, -0.25) is 4.57 Å². The Morgan fingerprint density at radius 3 is 2.80 bits per heavy atom. The molecule has 3 rings (SSSR count). The minimum absolute atomic E-state index is 0.221. The van der Waals surface area contributed by atoms with Gasteiger partial charge in [-0.15, -0.1) is 11.6 Å². The van der Waals surface area contributed by atoms with E-state index in [4.69, 9.17) is 23.2 Å². The lowest BCUT2D eigenvalue weighted by atomic mass is 10.3. The number of pyridine rings is 1. The molecule has 102 valence electrons. The second kappa shape index (κ2) is 5.50. The Morgan fingerprint density at radius 1 is 1.30 bits per heavy atom. The molecule has 0 saturated carbocycles. The number of alkyl halides is 1. The second-order valence-corrected chi connectivity index (χ2v) is 6.73. The molecule has 0 bridgehead atoms. The number of nitrogens with zero attached hydrogens (tertiary/aromatic N) is 3. The van der Waals surface area contributed by atoms with Gasteiger partial charge in [-0.05, 0) is 53.8 Å². The summed E-state index contributed by atoms with van der Waals surface area (Å²) in [7, 11) is 0. The third-order valence-corrected chi connectivity index (χ3v) is 3.98. The van der Waals surface area contributed by atoms with Crippen LogP contribution in [-0.4, -0.2) is 14.5 Å². The van der Waals surface area contributed by atoms with Gasteiger partial charge in [0, 0.05) is 15.5 Å². The van der Waals surface area contributed by atoms with Crippen LogP contribution < -0.4 is 0 Å². The van der Waals surface area contributed by atoms with Gasteiger partial charge in [-0.1, -0.05) is 17.7 Å². The Morgan fingerprint density at radius 2 is 2.10 bits per heavy atom. The van der Waals surface area contributed by atoms with Gasteiger partial charge in [0.05, 0.1) is 10.4 Å². The molecule has 1 unspecified atom stereocenters. The minimum atomic E-state index is -0.221. The Kier molecular flexibility index (Phi) is 3.88. The molecule has 3 nitrogen and oxygen atoms in total. The van der Waals surface area contributed by atoms with E-state index < -0.39 is 0 Å². The van der Waals surface area contributed by atoms with Crippen molar-refractivity contribution in [1.82, 2.24) is 14.5 Å². The normalized spacial score (nSPS) is 12.8. The summed E-state index contributed by atoms with van der Waals surface area (Å²) in [5.41, 5.74) is 2.51. The lowest BCUT2D eigenvalue weighted by molar-refractivity contribution is 0.876. The first-order chi connectivity index (χ1) is 9.56. The summed E-state index contributed by atoms with van der Waals surface area (Å²) in [6.45, 7) is 1.90. The zero-order chi connectivity index (χ0) is 14.3. The fraction of sp³-hybridized carbons (Fsp3) is 0.143. The maximum absolute atomic E-state index is 6.26. The van der Waals surface area contributed by atoms with E-state index in [9.17, 15) is 0 Å². The van der Waals surface area contributed by atoms with Crippen LogP contribution in [0.2, 0.25) is 5.02 Å². The van der Waals surface area contributed by atoms with Crippen molar-refractivity contribution >= 4 is 57.0 Å². The SMILES string of the molecule is CC(Cl)c1nc2cc(Cl)cnc2n1-c1cccc(I)c1. The molecule has 6 heteroatoms. The summed E-state index contributed by atoms with van der Waals surface area (Å²) in [6, 6.07) is 9.93. The summed E-state index contributed by atoms with van der Waals surface area (Å²) >= 11 is 14.5. The molecule has 0 aliphatic rings. The highest BCUT2D eigenvalue weighted by Gasteiger charge is 2.17. The van der Waals surface area contributed by atoms with Crippen molar-refractivity contribution in [3.8, 4) is 5.69 Å². The van der Waals surface area contributed by atoms with E-state index in [1.54, 1.807) is 12.3 Å². The highest BCUT2D eigenvalue weighted by Crippen LogP contribution is 2.28.